The molecule has 0 aliphatic rings. The van der Waals surface area contributed by atoms with E-state index in [0.29, 0.717) is 71.6 Å². The van der Waals surface area contributed by atoms with Gasteiger partial charge in [0, 0.05) is 6.08 Å². The van der Waals surface area contributed by atoms with Crippen LogP contribution in [0.3, 0.4) is 0 Å². The van der Waals surface area contributed by atoms with Gasteiger partial charge in [-0.05, 0) is 16.8 Å². The van der Waals surface area contributed by atoms with Crippen molar-refractivity contribution in [1.29, 1.82) is 0 Å². The normalized spacial score (nSPS) is 10.9. The van der Waals surface area contributed by atoms with Crippen LogP contribution in [0.1, 0.15) is 10.4 Å². The fourth-order valence-electron chi connectivity index (χ4n) is 2.92. The Balaban J connectivity index is 1.33. The molecule has 0 saturated carbocycles. The molecule has 2 aromatic carbocycles. The number of carbonyl (C=O) groups excluding carboxylic acids is 2. The second-order valence-electron chi connectivity index (χ2n) is 7.10. The van der Waals surface area contributed by atoms with Gasteiger partial charge in [0.15, 0.2) is 0 Å². The smallest absolute Gasteiger partial charge is 0.338 e. The molecule has 35 heavy (non-hydrogen) atoms. The first-order valence-corrected chi connectivity index (χ1v) is 11.5. The number of benzene rings is 2. The fraction of sp³-hybridized carbons (Fsp3) is 0.462. The summed E-state index contributed by atoms with van der Waals surface area (Å²) in [4.78, 5) is 23.1. The van der Waals surface area contributed by atoms with Crippen LogP contribution < -0.4 is 0 Å². The minimum Gasteiger partial charge on any atom is -0.460 e. The first-order valence-electron chi connectivity index (χ1n) is 11.5. The number of carbonyl (C=O) groups is 2. The highest BCUT2D eigenvalue weighted by Gasteiger charge is 2.10. The summed E-state index contributed by atoms with van der Waals surface area (Å²) in [7, 11) is 0. The number of fused-ring (bicyclic) bond motifs is 1. The highest BCUT2D eigenvalue weighted by Crippen LogP contribution is 2.19. The van der Waals surface area contributed by atoms with Crippen LogP contribution in [0.15, 0.2) is 55.1 Å². The first kappa shape index (κ1) is 28.4. The average Bonchev–Trinajstić information content (AvgIpc) is 2.89. The Labute approximate surface area is 205 Å². The van der Waals surface area contributed by atoms with E-state index in [-0.39, 0.29) is 19.2 Å². The summed E-state index contributed by atoms with van der Waals surface area (Å²) >= 11 is 0. The van der Waals surface area contributed by atoms with E-state index in [1.807, 2.05) is 36.4 Å². The highest BCUT2D eigenvalue weighted by molar-refractivity contribution is 6.04. The van der Waals surface area contributed by atoms with Crippen molar-refractivity contribution in [2.75, 3.05) is 79.3 Å². The van der Waals surface area contributed by atoms with Gasteiger partial charge < -0.3 is 33.2 Å². The molecule has 0 heterocycles. The SMILES string of the molecule is C=CC(=O)OCCOCCOCCOCCOCCOCCOC(=O)c1cccc2ccccc12. The second kappa shape index (κ2) is 18.5. The van der Waals surface area contributed by atoms with Crippen LogP contribution in [-0.2, 0) is 38.0 Å². The number of rotatable bonds is 20. The van der Waals surface area contributed by atoms with Crippen LogP contribution in [0.2, 0.25) is 0 Å². The van der Waals surface area contributed by atoms with Crippen LogP contribution in [0.4, 0.5) is 0 Å². The zero-order valence-corrected chi connectivity index (χ0v) is 20.0. The molecule has 9 nitrogen and oxygen atoms in total. The van der Waals surface area contributed by atoms with E-state index >= 15 is 0 Å². The van der Waals surface area contributed by atoms with Crippen molar-refractivity contribution >= 4 is 22.7 Å². The highest BCUT2D eigenvalue weighted by atomic mass is 16.6. The summed E-state index contributed by atoms with van der Waals surface area (Å²) in [6, 6.07) is 13.3. The molecule has 9 heteroatoms. The molecule has 192 valence electrons. The van der Waals surface area contributed by atoms with Crippen LogP contribution in [0, 0.1) is 0 Å². The third-order valence-corrected chi connectivity index (χ3v) is 4.60. The summed E-state index contributed by atoms with van der Waals surface area (Å²) in [6.45, 7) is 7.79. The van der Waals surface area contributed by atoms with Crippen molar-refractivity contribution in [3.63, 3.8) is 0 Å². The van der Waals surface area contributed by atoms with Crippen LogP contribution in [0.25, 0.3) is 10.8 Å². The maximum atomic E-state index is 12.3. The third-order valence-electron chi connectivity index (χ3n) is 4.60. The van der Waals surface area contributed by atoms with Crippen molar-refractivity contribution in [3.8, 4) is 0 Å². The van der Waals surface area contributed by atoms with Gasteiger partial charge >= 0.3 is 11.9 Å². The molecule has 2 rings (SSSR count). The lowest BCUT2D eigenvalue weighted by Gasteiger charge is -2.09. The summed E-state index contributed by atoms with van der Waals surface area (Å²) in [5.74, 6) is -0.823. The molecule has 0 saturated heterocycles. The van der Waals surface area contributed by atoms with E-state index in [0.717, 1.165) is 16.8 Å². The van der Waals surface area contributed by atoms with E-state index in [1.165, 1.54) is 0 Å². The number of hydrogen-bond donors (Lipinski definition) is 0. The van der Waals surface area contributed by atoms with Gasteiger partial charge in [0.25, 0.3) is 0 Å². The Hall–Kier alpha value is -2.82. The molecule has 0 radical (unpaired) electrons. The predicted molar refractivity (Wildman–Crippen MR) is 129 cm³/mol. The van der Waals surface area contributed by atoms with E-state index in [1.54, 1.807) is 6.07 Å². The Bertz CT molecular complexity index is 879. The van der Waals surface area contributed by atoms with Gasteiger partial charge in [0.1, 0.15) is 13.2 Å². The quantitative estimate of drug-likeness (QED) is 0.158. The molecule has 0 N–H and O–H groups in total. The first-order chi connectivity index (χ1) is 17.2. The molecule has 0 unspecified atom stereocenters. The average molecular weight is 491 g/mol. The maximum Gasteiger partial charge on any atom is 0.338 e. The summed E-state index contributed by atoms with van der Waals surface area (Å²) < 4.78 is 36.9. The van der Waals surface area contributed by atoms with Gasteiger partial charge in [-0.1, -0.05) is 43.0 Å². The monoisotopic (exact) mass is 490 g/mol. The molecule has 0 bridgehead atoms. The van der Waals surface area contributed by atoms with E-state index in [2.05, 4.69) is 6.58 Å². The van der Waals surface area contributed by atoms with Crippen molar-refractivity contribution in [2.24, 2.45) is 0 Å². The Morgan fingerprint density at radius 1 is 0.600 bits per heavy atom. The topological polar surface area (TPSA) is 98.8 Å². The maximum absolute atomic E-state index is 12.3. The van der Waals surface area contributed by atoms with E-state index in [9.17, 15) is 9.59 Å². The Morgan fingerprint density at radius 2 is 1.06 bits per heavy atom. The summed E-state index contributed by atoms with van der Waals surface area (Å²) in [5, 5.41) is 1.87. The lowest BCUT2D eigenvalue weighted by molar-refractivity contribution is -0.139. The van der Waals surface area contributed by atoms with Gasteiger partial charge in [-0.2, -0.15) is 0 Å². The van der Waals surface area contributed by atoms with Gasteiger partial charge in [-0.15, -0.1) is 0 Å². The second-order valence-corrected chi connectivity index (χ2v) is 7.10. The lowest BCUT2D eigenvalue weighted by atomic mass is 10.1. The van der Waals surface area contributed by atoms with Gasteiger partial charge in [0.05, 0.1) is 71.6 Å². The van der Waals surface area contributed by atoms with Crippen LogP contribution in [-0.4, -0.2) is 91.2 Å². The summed E-state index contributed by atoms with van der Waals surface area (Å²) in [6.07, 6.45) is 1.11. The standard InChI is InChI=1S/C26H34O9/c1-2-25(27)34-20-18-32-16-14-30-12-10-29-11-13-31-15-17-33-19-21-35-26(28)24-9-5-7-22-6-3-4-8-23(22)24/h2-9H,1,10-21H2. The van der Waals surface area contributed by atoms with Crippen molar-refractivity contribution in [3.05, 3.63) is 60.7 Å². The largest absolute Gasteiger partial charge is 0.460 e. The van der Waals surface area contributed by atoms with E-state index < -0.39 is 5.97 Å². The number of hydrogen-bond acceptors (Lipinski definition) is 9. The number of ether oxygens (including phenoxy) is 7. The molecule has 0 fully saturated rings. The van der Waals surface area contributed by atoms with Crippen molar-refractivity contribution in [1.82, 2.24) is 0 Å². The molecule has 2 aromatic rings. The fourth-order valence-corrected chi connectivity index (χ4v) is 2.92. The molecular weight excluding hydrogens is 456 g/mol. The van der Waals surface area contributed by atoms with Crippen molar-refractivity contribution in [2.45, 2.75) is 0 Å². The summed E-state index contributed by atoms with van der Waals surface area (Å²) in [5.41, 5.74) is 0.550. The van der Waals surface area contributed by atoms with Crippen molar-refractivity contribution < 1.29 is 42.7 Å². The lowest BCUT2D eigenvalue weighted by Crippen LogP contribution is -2.15. The minimum atomic E-state index is -0.464. The molecule has 0 spiro atoms. The Kier molecular flexibility index (Phi) is 15.0. The third kappa shape index (κ3) is 12.4. The molecule has 0 aliphatic carbocycles. The molecule has 0 aliphatic heterocycles. The van der Waals surface area contributed by atoms with Gasteiger partial charge in [0.2, 0.25) is 0 Å². The van der Waals surface area contributed by atoms with Gasteiger partial charge in [-0.25, -0.2) is 9.59 Å². The van der Waals surface area contributed by atoms with E-state index in [4.69, 9.17) is 33.2 Å². The van der Waals surface area contributed by atoms with Crippen LogP contribution >= 0.6 is 0 Å². The zero-order chi connectivity index (χ0) is 25.0. The molecule has 0 aromatic heterocycles. The molecule has 0 amide bonds. The van der Waals surface area contributed by atoms with Gasteiger partial charge in [-0.3, -0.25) is 0 Å². The Morgan fingerprint density at radius 3 is 1.60 bits per heavy atom. The minimum absolute atomic E-state index is 0.180. The molecular formula is C26H34O9. The number of esters is 2. The predicted octanol–water partition coefficient (Wildman–Crippen LogP) is 2.81. The molecule has 0 atom stereocenters. The zero-order valence-electron chi connectivity index (χ0n) is 20.0. The van der Waals surface area contributed by atoms with Crippen LogP contribution in [0.5, 0.6) is 0 Å².